The van der Waals surface area contributed by atoms with E-state index in [-0.39, 0.29) is 24.4 Å². The Morgan fingerprint density at radius 2 is 2.04 bits per heavy atom. The molecule has 1 fully saturated rings. The molecular weight excluding hydrogens is 326 g/mol. The average molecular weight is 360 g/mol. The first-order chi connectivity index (χ1) is 12.3. The summed E-state index contributed by atoms with van der Waals surface area (Å²) in [4.78, 5) is 29.2. The summed E-state index contributed by atoms with van der Waals surface area (Å²) in [6.07, 6.45) is 4.36. The van der Waals surface area contributed by atoms with Crippen LogP contribution in [0.25, 0.3) is 0 Å². The predicted octanol–water partition coefficient (Wildman–Crippen LogP) is 3.35. The number of nitrogens with one attached hydrogen (secondary N) is 1. The zero-order valence-corrected chi connectivity index (χ0v) is 16.8. The SMILES string of the molecule is CCC1CCCCN1C(=O)C(C)N(C)CC(=O)Nc1cccc(C)c1C. The number of likely N-dealkylation sites (N-methyl/N-ethyl adjacent to an activating group) is 1. The normalized spacial score (nSPS) is 18.7. The zero-order valence-electron chi connectivity index (χ0n) is 16.8. The molecule has 1 N–H and O–H groups in total. The quantitative estimate of drug-likeness (QED) is 0.847. The minimum Gasteiger partial charge on any atom is -0.338 e. The van der Waals surface area contributed by atoms with E-state index < -0.39 is 0 Å². The summed E-state index contributed by atoms with van der Waals surface area (Å²) in [7, 11) is 1.84. The summed E-state index contributed by atoms with van der Waals surface area (Å²) < 4.78 is 0. The Hall–Kier alpha value is -1.88. The zero-order chi connectivity index (χ0) is 19.3. The lowest BCUT2D eigenvalue weighted by Gasteiger charge is -2.38. The van der Waals surface area contributed by atoms with Crippen LogP contribution in [-0.2, 0) is 9.59 Å². The van der Waals surface area contributed by atoms with E-state index in [1.807, 2.05) is 55.8 Å². The minimum atomic E-state index is -0.300. The van der Waals surface area contributed by atoms with Gasteiger partial charge >= 0.3 is 0 Å². The number of rotatable bonds is 6. The minimum absolute atomic E-state index is 0.0912. The van der Waals surface area contributed by atoms with Crippen molar-refractivity contribution in [3.8, 4) is 0 Å². The number of anilines is 1. The first-order valence-corrected chi connectivity index (χ1v) is 9.72. The number of likely N-dealkylation sites (tertiary alicyclic amines) is 1. The lowest BCUT2D eigenvalue weighted by molar-refractivity contribution is -0.140. The molecule has 144 valence electrons. The number of nitrogens with zero attached hydrogens (tertiary/aromatic N) is 2. The number of hydrogen-bond acceptors (Lipinski definition) is 3. The summed E-state index contributed by atoms with van der Waals surface area (Å²) >= 11 is 0. The van der Waals surface area contributed by atoms with Gasteiger partial charge in [0.1, 0.15) is 0 Å². The Kier molecular flexibility index (Phi) is 7.21. The Balaban J connectivity index is 1.95. The Morgan fingerprint density at radius 3 is 2.73 bits per heavy atom. The third-order valence-electron chi connectivity index (χ3n) is 5.67. The lowest BCUT2D eigenvalue weighted by atomic mass is 9.99. The molecule has 0 aromatic heterocycles. The maximum absolute atomic E-state index is 12.9. The van der Waals surface area contributed by atoms with E-state index in [1.165, 1.54) is 6.42 Å². The van der Waals surface area contributed by atoms with Gasteiger partial charge in [0, 0.05) is 18.3 Å². The fourth-order valence-electron chi connectivity index (χ4n) is 3.58. The van der Waals surface area contributed by atoms with Crippen LogP contribution in [0.3, 0.4) is 0 Å². The molecule has 0 bridgehead atoms. The second-order valence-electron chi connectivity index (χ2n) is 7.48. The Labute approximate surface area is 157 Å². The van der Waals surface area contributed by atoms with Crippen LogP contribution >= 0.6 is 0 Å². The van der Waals surface area contributed by atoms with E-state index in [9.17, 15) is 9.59 Å². The highest BCUT2D eigenvalue weighted by Gasteiger charge is 2.30. The summed E-state index contributed by atoms with van der Waals surface area (Å²) in [6, 6.07) is 5.92. The van der Waals surface area contributed by atoms with E-state index in [2.05, 4.69) is 12.2 Å². The highest BCUT2D eigenvalue weighted by atomic mass is 16.2. The van der Waals surface area contributed by atoms with Crippen molar-refractivity contribution < 1.29 is 9.59 Å². The molecule has 2 amide bonds. The largest absolute Gasteiger partial charge is 0.338 e. The van der Waals surface area contributed by atoms with Crippen molar-refractivity contribution in [1.29, 1.82) is 0 Å². The van der Waals surface area contributed by atoms with E-state index in [0.29, 0.717) is 6.04 Å². The fraction of sp³-hybridized carbons (Fsp3) is 0.619. The van der Waals surface area contributed by atoms with Crippen molar-refractivity contribution in [3.05, 3.63) is 29.3 Å². The molecule has 1 aromatic rings. The number of carbonyl (C=O) groups is 2. The molecule has 0 radical (unpaired) electrons. The summed E-state index contributed by atoms with van der Waals surface area (Å²) in [6.45, 7) is 9.11. The molecule has 2 atom stereocenters. The van der Waals surface area contributed by atoms with Crippen molar-refractivity contribution in [3.63, 3.8) is 0 Å². The maximum atomic E-state index is 12.9. The van der Waals surface area contributed by atoms with Crippen LogP contribution < -0.4 is 5.32 Å². The van der Waals surface area contributed by atoms with Crippen molar-refractivity contribution in [2.75, 3.05) is 25.5 Å². The van der Waals surface area contributed by atoms with E-state index in [1.54, 1.807) is 0 Å². The van der Waals surface area contributed by atoms with Gasteiger partial charge in [0.15, 0.2) is 0 Å². The second kappa shape index (κ2) is 9.17. The van der Waals surface area contributed by atoms with Crippen molar-refractivity contribution in [2.24, 2.45) is 0 Å². The predicted molar refractivity (Wildman–Crippen MR) is 106 cm³/mol. The number of carbonyl (C=O) groups excluding carboxylic acids is 2. The third-order valence-corrected chi connectivity index (χ3v) is 5.67. The van der Waals surface area contributed by atoms with Crippen LogP contribution in [0, 0.1) is 13.8 Å². The highest BCUT2D eigenvalue weighted by Crippen LogP contribution is 2.21. The molecule has 2 rings (SSSR count). The van der Waals surface area contributed by atoms with Crippen molar-refractivity contribution >= 4 is 17.5 Å². The summed E-state index contributed by atoms with van der Waals surface area (Å²) in [5.41, 5.74) is 3.06. The molecule has 5 nitrogen and oxygen atoms in total. The van der Waals surface area contributed by atoms with E-state index in [4.69, 9.17) is 0 Å². The van der Waals surface area contributed by atoms with Gasteiger partial charge < -0.3 is 10.2 Å². The van der Waals surface area contributed by atoms with E-state index >= 15 is 0 Å². The van der Waals surface area contributed by atoms with E-state index in [0.717, 1.165) is 42.6 Å². The van der Waals surface area contributed by atoms with Gasteiger partial charge in [-0.2, -0.15) is 0 Å². The standard InChI is InChI=1S/C21H33N3O2/c1-6-18-11-7-8-13-24(18)21(26)17(4)23(5)14-20(25)22-19-12-9-10-15(2)16(19)3/h9-10,12,17-18H,6-8,11,13-14H2,1-5H3,(H,22,25). The van der Waals surface area contributed by atoms with Crippen LogP contribution in [0.5, 0.6) is 0 Å². The number of piperidine rings is 1. The van der Waals surface area contributed by atoms with Gasteiger partial charge in [-0.15, -0.1) is 0 Å². The summed E-state index contributed by atoms with van der Waals surface area (Å²) in [5, 5.41) is 2.97. The van der Waals surface area contributed by atoms with Crippen LogP contribution in [0.15, 0.2) is 18.2 Å². The number of aryl methyl sites for hydroxylation is 1. The Bertz CT molecular complexity index is 644. The Morgan fingerprint density at radius 1 is 1.31 bits per heavy atom. The molecule has 1 aliphatic rings. The first kappa shape index (κ1) is 20.4. The molecule has 0 saturated carbocycles. The topological polar surface area (TPSA) is 52.7 Å². The van der Waals surface area contributed by atoms with Crippen LogP contribution in [0.2, 0.25) is 0 Å². The number of hydrogen-bond donors (Lipinski definition) is 1. The molecule has 1 heterocycles. The molecule has 1 aromatic carbocycles. The average Bonchev–Trinajstić information content (AvgIpc) is 2.64. The van der Waals surface area contributed by atoms with Gasteiger partial charge in [0.2, 0.25) is 11.8 Å². The van der Waals surface area contributed by atoms with Gasteiger partial charge in [0.25, 0.3) is 0 Å². The highest BCUT2D eigenvalue weighted by molar-refractivity contribution is 5.93. The molecule has 1 aliphatic heterocycles. The smallest absolute Gasteiger partial charge is 0.239 e. The van der Waals surface area contributed by atoms with Gasteiger partial charge in [-0.25, -0.2) is 0 Å². The third kappa shape index (κ3) is 4.85. The lowest BCUT2D eigenvalue weighted by Crippen LogP contribution is -2.52. The maximum Gasteiger partial charge on any atom is 0.239 e. The molecule has 0 aliphatic carbocycles. The van der Waals surface area contributed by atoms with Gasteiger partial charge in [-0.05, 0) is 70.7 Å². The molecular formula is C21H33N3O2. The second-order valence-corrected chi connectivity index (χ2v) is 7.48. The number of benzene rings is 1. The van der Waals surface area contributed by atoms with Gasteiger partial charge in [0.05, 0.1) is 12.6 Å². The van der Waals surface area contributed by atoms with Crippen LogP contribution in [0.1, 0.15) is 50.7 Å². The van der Waals surface area contributed by atoms with Crippen LogP contribution in [0.4, 0.5) is 5.69 Å². The first-order valence-electron chi connectivity index (χ1n) is 9.72. The van der Waals surface area contributed by atoms with Gasteiger partial charge in [-0.3, -0.25) is 14.5 Å². The van der Waals surface area contributed by atoms with Crippen molar-refractivity contribution in [2.45, 2.75) is 65.5 Å². The molecule has 1 saturated heterocycles. The molecule has 5 heteroatoms. The molecule has 0 spiro atoms. The van der Waals surface area contributed by atoms with Crippen molar-refractivity contribution in [1.82, 2.24) is 9.80 Å². The van der Waals surface area contributed by atoms with Crippen LogP contribution in [-0.4, -0.2) is 53.8 Å². The fourth-order valence-corrected chi connectivity index (χ4v) is 3.58. The van der Waals surface area contributed by atoms with Gasteiger partial charge in [-0.1, -0.05) is 19.1 Å². The monoisotopic (exact) mass is 359 g/mol. The number of amides is 2. The summed E-state index contributed by atoms with van der Waals surface area (Å²) in [5.74, 6) is 0.0464. The molecule has 26 heavy (non-hydrogen) atoms. The molecule has 2 unspecified atom stereocenters.